The highest BCUT2D eigenvalue weighted by Crippen LogP contribution is 2.41. The lowest BCUT2D eigenvalue weighted by Crippen LogP contribution is -1.97. The number of hydrogen-bond donors (Lipinski definition) is 0. The molecule has 0 unspecified atom stereocenters. The molecule has 0 amide bonds. The molecule has 0 saturated heterocycles. The van der Waals surface area contributed by atoms with E-state index in [1.807, 2.05) is 0 Å². The minimum absolute atomic E-state index is 0.738. The van der Waals surface area contributed by atoms with Crippen LogP contribution in [-0.2, 0) is 64.2 Å². The van der Waals surface area contributed by atoms with Gasteiger partial charge in [0.15, 0.2) is 0 Å². The standard InChI is InChI=1S/C124H142O2S2/c1-13-25-29-33-37-41-45-49-95-51-55-97(56-52-95)59-67-109-87-107(23-11)115(91-103(109)19-7)75-81-121-93-117(73-71-113-89-101(17-5)111(85-105(113)21-9)69-61-99-63-77-119(78-64-99)125-83-47-43-39-35-31-27-15-3)123(127-121)124-118(74-72-114-90-102(18-6)112(86-106(114)22-10)70-62-100-65-79-120(80-66-100)126-84-48-44-40-36-32-28-16-4)94-122(128-124)82-76-116-92-104(20-8)110(88-108(116)24-12)68-60-98-57-53-96(54-58-98)50-46-42-38-34-30-26-14-2/h51-58,63-66,77-80,85-94H,13-50,83-84H2,1-12H3. The molecule has 2 aromatic heterocycles. The van der Waals surface area contributed by atoms with Crippen molar-refractivity contribution in [3.05, 3.63) is 301 Å². The van der Waals surface area contributed by atoms with Crippen LogP contribution < -0.4 is 9.47 Å². The summed E-state index contributed by atoms with van der Waals surface area (Å²) in [7, 11) is 0. The van der Waals surface area contributed by atoms with Gasteiger partial charge in [-0.25, -0.2) is 0 Å². The van der Waals surface area contributed by atoms with Gasteiger partial charge in [0.2, 0.25) is 0 Å². The summed E-state index contributed by atoms with van der Waals surface area (Å²) in [5.74, 6) is 60.6. The number of ether oxygens (including phenoxy) is 2. The Bertz CT molecular complexity index is 5360. The molecule has 4 heteroatoms. The van der Waals surface area contributed by atoms with Crippen LogP contribution in [0.3, 0.4) is 0 Å². The second kappa shape index (κ2) is 56.5. The second-order valence-electron chi connectivity index (χ2n) is 34.3. The van der Waals surface area contributed by atoms with Gasteiger partial charge in [-0.15, -0.1) is 22.7 Å². The number of rotatable bonds is 43. The summed E-state index contributed by atoms with van der Waals surface area (Å²) >= 11 is 3.38. The second-order valence-corrected chi connectivity index (χ2v) is 36.4. The lowest BCUT2D eigenvalue weighted by molar-refractivity contribution is 0.304. The summed E-state index contributed by atoms with van der Waals surface area (Å²) in [6.07, 6.45) is 44.8. The Morgan fingerprint density at radius 2 is 0.398 bits per heavy atom. The number of benzene rings is 8. The molecule has 0 aliphatic carbocycles. The predicted octanol–water partition coefficient (Wildman–Crippen LogP) is 32.0. The molecule has 662 valence electrons. The lowest BCUT2D eigenvalue weighted by Gasteiger charge is -2.08. The van der Waals surface area contributed by atoms with Crippen molar-refractivity contribution < 1.29 is 9.47 Å². The summed E-state index contributed by atoms with van der Waals surface area (Å²) < 4.78 is 12.3. The average molecular weight is 1730 g/mol. The first-order chi connectivity index (χ1) is 62.9. The first-order valence-corrected chi connectivity index (χ1v) is 51.3. The minimum Gasteiger partial charge on any atom is -0.494 e. The van der Waals surface area contributed by atoms with E-state index in [0.29, 0.717) is 0 Å². The molecule has 0 spiro atoms. The number of hydrogen-bond acceptors (Lipinski definition) is 4. The molecule has 0 fully saturated rings. The van der Waals surface area contributed by atoms with Crippen LogP contribution in [0.15, 0.2) is 158 Å². The number of aryl methyl sites for hydroxylation is 10. The third-order valence-electron chi connectivity index (χ3n) is 24.5. The Balaban J connectivity index is 1.04. The van der Waals surface area contributed by atoms with Crippen molar-refractivity contribution in [1.29, 1.82) is 0 Å². The molecule has 2 heterocycles. The third kappa shape index (κ3) is 32.5. The van der Waals surface area contributed by atoms with E-state index < -0.39 is 0 Å². The van der Waals surface area contributed by atoms with E-state index in [9.17, 15) is 0 Å². The molecule has 2 nitrogen and oxygen atoms in total. The molecule has 0 bridgehead atoms. The van der Waals surface area contributed by atoms with Crippen molar-refractivity contribution in [3.8, 4) is 116 Å². The van der Waals surface area contributed by atoms with Gasteiger partial charge >= 0.3 is 0 Å². The zero-order chi connectivity index (χ0) is 90.1. The average Bonchev–Trinajstić information content (AvgIpc) is 1.62. The molecule has 0 radical (unpaired) electrons. The van der Waals surface area contributed by atoms with Gasteiger partial charge in [-0.2, -0.15) is 0 Å². The van der Waals surface area contributed by atoms with Crippen LogP contribution in [0.4, 0.5) is 0 Å². The Morgan fingerprint density at radius 3 is 0.641 bits per heavy atom. The van der Waals surface area contributed by atoms with Gasteiger partial charge in [0.25, 0.3) is 0 Å². The van der Waals surface area contributed by atoms with E-state index >= 15 is 0 Å². The Kier molecular flexibility index (Phi) is 43.9. The molecule has 10 rings (SSSR count). The van der Waals surface area contributed by atoms with Gasteiger partial charge in [-0.3, -0.25) is 0 Å². The lowest BCUT2D eigenvalue weighted by atomic mass is 9.95. The minimum atomic E-state index is 0.738. The Labute approximate surface area is 783 Å². The van der Waals surface area contributed by atoms with Gasteiger partial charge in [0.1, 0.15) is 11.5 Å². The number of thiophene rings is 2. The van der Waals surface area contributed by atoms with E-state index in [0.717, 1.165) is 210 Å². The maximum absolute atomic E-state index is 6.17. The van der Waals surface area contributed by atoms with Crippen molar-refractivity contribution >= 4 is 22.7 Å². The topological polar surface area (TPSA) is 18.5 Å². The monoisotopic (exact) mass is 1730 g/mol. The SMILES string of the molecule is CCCCCCCCCOc1ccc(C#Cc2cc(CC)c(C#Cc3cc(C#Cc4cc(CC)c(C#Cc5ccc(CCCCCCCCC)cc5)cc4CC)sc3-c3sc(C#Cc4cc(CC)c(C#Cc5ccc(CCCCCCCCC)cc5)cc4CC)cc3C#Cc3cc(CC)c(C#Cc4ccc(OCCCCCCCCC)cc4)cc3CC)cc2CC)cc1. The fraction of sp³-hybridized carbons (Fsp3) is 0.419. The van der Waals surface area contributed by atoms with Crippen molar-refractivity contribution in [2.75, 3.05) is 13.2 Å². The van der Waals surface area contributed by atoms with E-state index in [2.05, 4.69) is 336 Å². The van der Waals surface area contributed by atoms with E-state index in [1.54, 1.807) is 22.7 Å². The van der Waals surface area contributed by atoms with Gasteiger partial charge in [0, 0.05) is 77.9 Å². The molecule has 0 saturated carbocycles. The molecule has 0 atom stereocenters. The molecular formula is C124H142O2S2. The zero-order valence-electron chi connectivity index (χ0n) is 79.9. The molecule has 8 aromatic carbocycles. The smallest absolute Gasteiger partial charge is 0.119 e. The van der Waals surface area contributed by atoms with E-state index in [-0.39, 0.29) is 0 Å². The summed E-state index contributed by atoms with van der Waals surface area (Å²) in [6.45, 7) is 28.4. The first kappa shape index (κ1) is 99.4. The molecule has 128 heavy (non-hydrogen) atoms. The van der Waals surface area contributed by atoms with Crippen LogP contribution in [-0.4, -0.2) is 13.2 Å². The highest BCUT2D eigenvalue weighted by Gasteiger charge is 2.19. The summed E-state index contributed by atoms with van der Waals surface area (Å²) in [5, 5.41) is 0. The highest BCUT2D eigenvalue weighted by molar-refractivity contribution is 7.23. The van der Waals surface area contributed by atoms with Crippen molar-refractivity contribution in [2.45, 2.75) is 327 Å². The molecular weight excluding hydrogens is 1590 g/mol. The first-order valence-electron chi connectivity index (χ1n) is 49.6. The molecule has 0 aliphatic heterocycles. The summed E-state index contributed by atoms with van der Waals surface area (Å²) in [6, 6.07) is 57.1. The van der Waals surface area contributed by atoms with Crippen molar-refractivity contribution in [3.63, 3.8) is 0 Å². The van der Waals surface area contributed by atoms with Crippen LogP contribution in [0.2, 0.25) is 0 Å². The Hall–Kier alpha value is -10.8. The van der Waals surface area contributed by atoms with Crippen molar-refractivity contribution in [2.24, 2.45) is 0 Å². The molecule has 0 aliphatic rings. The fourth-order valence-corrected chi connectivity index (χ4v) is 18.5. The quantitative estimate of drug-likeness (QED) is 0.0280. The largest absolute Gasteiger partial charge is 0.494 e. The fourth-order valence-electron chi connectivity index (χ4n) is 16.4. The van der Waals surface area contributed by atoms with Gasteiger partial charge in [-0.05, 0) is 279 Å². The zero-order valence-corrected chi connectivity index (χ0v) is 81.6. The number of unbranched alkanes of at least 4 members (excludes halogenated alkanes) is 24. The van der Waals surface area contributed by atoms with Gasteiger partial charge in [-0.1, -0.05) is 356 Å². The summed E-state index contributed by atoms with van der Waals surface area (Å²) in [5.41, 5.74) is 26.2. The normalized spacial score (nSPS) is 10.6. The Morgan fingerprint density at radius 1 is 0.195 bits per heavy atom. The maximum atomic E-state index is 6.17. The van der Waals surface area contributed by atoms with Crippen LogP contribution in [0.1, 0.15) is 406 Å². The van der Waals surface area contributed by atoms with E-state index in [4.69, 9.17) is 9.47 Å². The van der Waals surface area contributed by atoms with Crippen LogP contribution >= 0.6 is 22.7 Å². The van der Waals surface area contributed by atoms with Crippen LogP contribution in [0.25, 0.3) is 9.75 Å². The van der Waals surface area contributed by atoms with Gasteiger partial charge in [0.05, 0.1) is 32.7 Å². The van der Waals surface area contributed by atoms with Crippen molar-refractivity contribution in [1.82, 2.24) is 0 Å². The van der Waals surface area contributed by atoms with Crippen LogP contribution in [0, 0.1) is 94.7 Å². The third-order valence-corrected chi connectivity index (χ3v) is 26.8. The van der Waals surface area contributed by atoms with Gasteiger partial charge < -0.3 is 9.47 Å². The maximum Gasteiger partial charge on any atom is 0.119 e. The van der Waals surface area contributed by atoms with Crippen LogP contribution in [0.5, 0.6) is 11.5 Å². The highest BCUT2D eigenvalue weighted by atomic mass is 32.1. The van der Waals surface area contributed by atoms with E-state index in [1.165, 1.54) is 211 Å². The summed E-state index contributed by atoms with van der Waals surface area (Å²) in [4.78, 5) is 3.89. The molecule has 10 aromatic rings. The molecule has 0 N–H and O–H groups in total. The predicted molar refractivity (Wildman–Crippen MR) is 552 cm³/mol.